The molecule has 7 heteroatoms. The number of amides is 1. The van der Waals surface area contributed by atoms with Gasteiger partial charge in [0.2, 0.25) is 15.9 Å². The zero-order chi connectivity index (χ0) is 20.3. The van der Waals surface area contributed by atoms with Crippen LogP contribution in [0.15, 0.2) is 53.4 Å². The Morgan fingerprint density at radius 2 is 1.76 bits per heavy atom. The van der Waals surface area contributed by atoms with Gasteiger partial charge in [-0.2, -0.15) is 4.31 Å². The lowest BCUT2D eigenvalue weighted by Crippen LogP contribution is -2.35. The van der Waals surface area contributed by atoms with E-state index in [0.717, 1.165) is 42.6 Å². The van der Waals surface area contributed by atoms with Crippen LogP contribution in [0.3, 0.4) is 0 Å². The highest BCUT2D eigenvalue weighted by Crippen LogP contribution is 2.31. The smallest absolute Gasteiger partial charge is 0.243 e. The lowest BCUT2D eigenvalue weighted by atomic mass is 10.00. The highest BCUT2D eigenvalue weighted by Gasteiger charge is 2.26. The van der Waals surface area contributed by atoms with Gasteiger partial charge in [-0.3, -0.25) is 4.79 Å². The number of sulfonamides is 1. The predicted octanol–water partition coefficient (Wildman–Crippen LogP) is 3.04. The Balaban J connectivity index is 1.40. The van der Waals surface area contributed by atoms with E-state index in [1.165, 1.54) is 0 Å². The van der Waals surface area contributed by atoms with E-state index in [2.05, 4.69) is 5.32 Å². The lowest BCUT2D eigenvalue weighted by molar-refractivity contribution is -0.121. The average molecular weight is 415 g/mol. The van der Waals surface area contributed by atoms with Crippen LogP contribution in [0.5, 0.6) is 5.75 Å². The van der Waals surface area contributed by atoms with Crippen molar-refractivity contribution in [3.8, 4) is 5.75 Å². The zero-order valence-corrected chi connectivity index (χ0v) is 17.2. The highest BCUT2D eigenvalue weighted by molar-refractivity contribution is 7.89. The van der Waals surface area contributed by atoms with Crippen molar-refractivity contribution in [1.29, 1.82) is 0 Å². The molecule has 1 saturated heterocycles. The van der Waals surface area contributed by atoms with Crippen LogP contribution in [0.25, 0.3) is 0 Å². The first kappa shape index (κ1) is 19.9. The number of ether oxygens (including phenoxy) is 1. The fourth-order valence-electron chi connectivity index (χ4n) is 3.96. The molecule has 1 atom stereocenters. The molecular weight excluding hydrogens is 388 g/mol. The van der Waals surface area contributed by atoms with Crippen molar-refractivity contribution >= 4 is 15.9 Å². The molecular formula is C22H26N2O4S. The molecule has 0 radical (unpaired) electrons. The molecule has 0 unspecified atom stereocenters. The topological polar surface area (TPSA) is 75.7 Å². The summed E-state index contributed by atoms with van der Waals surface area (Å²) in [5.74, 6) is 0.731. The monoisotopic (exact) mass is 414 g/mol. The summed E-state index contributed by atoms with van der Waals surface area (Å²) in [6.45, 7) is 1.74. The third-order valence-electron chi connectivity index (χ3n) is 5.53. The Morgan fingerprint density at radius 1 is 1.03 bits per heavy atom. The van der Waals surface area contributed by atoms with Crippen molar-refractivity contribution in [2.75, 3.05) is 19.7 Å². The first-order valence-electron chi connectivity index (χ1n) is 10.1. The summed E-state index contributed by atoms with van der Waals surface area (Å²) in [4.78, 5) is 12.8. The first-order valence-corrected chi connectivity index (χ1v) is 11.6. The fourth-order valence-corrected chi connectivity index (χ4v) is 5.47. The van der Waals surface area contributed by atoms with Crippen LogP contribution in [-0.4, -0.2) is 38.3 Å². The van der Waals surface area contributed by atoms with Crippen LogP contribution in [0.1, 0.15) is 42.9 Å². The van der Waals surface area contributed by atoms with Crippen LogP contribution >= 0.6 is 0 Å². The van der Waals surface area contributed by atoms with Gasteiger partial charge in [-0.25, -0.2) is 8.42 Å². The van der Waals surface area contributed by atoms with Crippen molar-refractivity contribution in [3.05, 3.63) is 59.7 Å². The molecule has 2 aliphatic heterocycles. The summed E-state index contributed by atoms with van der Waals surface area (Å²) in [6, 6.07) is 14.4. The summed E-state index contributed by atoms with van der Waals surface area (Å²) in [5.41, 5.74) is 1.79. The Bertz CT molecular complexity index is 967. The zero-order valence-electron chi connectivity index (χ0n) is 16.3. The third kappa shape index (κ3) is 4.46. The van der Waals surface area contributed by atoms with E-state index in [4.69, 9.17) is 4.74 Å². The van der Waals surface area contributed by atoms with Crippen molar-refractivity contribution < 1.29 is 17.9 Å². The van der Waals surface area contributed by atoms with Crippen molar-refractivity contribution in [2.24, 2.45) is 0 Å². The van der Waals surface area contributed by atoms with Crippen LogP contribution in [0.4, 0.5) is 0 Å². The molecule has 4 rings (SSSR count). The van der Waals surface area contributed by atoms with Crippen LogP contribution < -0.4 is 10.1 Å². The second-order valence-electron chi connectivity index (χ2n) is 7.58. The van der Waals surface area contributed by atoms with Crippen LogP contribution in [0, 0.1) is 0 Å². The molecule has 1 amide bonds. The number of rotatable bonds is 5. The Labute approximate surface area is 171 Å². The minimum absolute atomic E-state index is 0.0637. The van der Waals surface area contributed by atoms with E-state index in [1.807, 2.05) is 24.3 Å². The largest absolute Gasteiger partial charge is 0.493 e. The molecule has 29 heavy (non-hydrogen) atoms. The standard InChI is InChI=1S/C22H26N2O4S/c25-22(23-20-12-15-28-21-7-3-2-6-19(20)21)16-17-8-10-18(11-9-17)29(26,27)24-13-4-1-5-14-24/h2-3,6-11,20H,1,4-5,12-16H2,(H,23,25)/t20-/m0/s1. The average Bonchev–Trinajstić information content (AvgIpc) is 2.75. The number of hydrogen-bond acceptors (Lipinski definition) is 4. The van der Waals surface area contributed by atoms with Crippen molar-refractivity contribution in [3.63, 3.8) is 0 Å². The predicted molar refractivity (Wildman–Crippen MR) is 110 cm³/mol. The van der Waals surface area contributed by atoms with Gasteiger partial charge in [0.1, 0.15) is 5.75 Å². The Morgan fingerprint density at radius 3 is 2.52 bits per heavy atom. The van der Waals surface area contributed by atoms with E-state index < -0.39 is 10.0 Å². The molecule has 2 aromatic rings. The molecule has 1 N–H and O–H groups in total. The highest BCUT2D eigenvalue weighted by atomic mass is 32.2. The summed E-state index contributed by atoms with van der Waals surface area (Å²) in [5, 5.41) is 3.07. The molecule has 1 fully saturated rings. The molecule has 0 aliphatic carbocycles. The van der Waals surface area contributed by atoms with Crippen LogP contribution in [-0.2, 0) is 21.2 Å². The van der Waals surface area contributed by atoms with E-state index >= 15 is 0 Å². The number of nitrogens with one attached hydrogen (secondary N) is 1. The summed E-state index contributed by atoms with van der Waals surface area (Å²) in [6.07, 6.45) is 3.84. The number of hydrogen-bond donors (Lipinski definition) is 1. The number of benzene rings is 2. The molecule has 0 saturated carbocycles. The normalized spacial score (nSPS) is 19.8. The number of para-hydroxylation sites is 1. The van der Waals surface area contributed by atoms with Gasteiger partial charge in [-0.05, 0) is 36.6 Å². The molecule has 0 spiro atoms. The summed E-state index contributed by atoms with van der Waals surface area (Å²) >= 11 is 0. The molecule has 2 aromatic carbocycles. The minimum Gasteiger partial charge on any atom is -0.493 e. The van der Waals surface area contributed by atoms with Gasteiger partial charge in [-0.15, -0.1) is 0 Å². The van der Waals surface area contributed by atoms with Gasteiger partial charge in [0.05, 0.1) is 24.0 Å². The van der Waals surface area contributed by atoms with Gasteiger partial charge in [-0.1, -0.05) is 36.8 Å². The molecule has 6 nitrogen and oxygen atoms in total. The Hall–Kier alpha value is -2.38. The maximum Gasteiger partial charge on any atom is 0.243 e. The molecule has 2 aliphatic rings. The quantitative estimate of drug-likeness (QED) is 0.816. The number of piperidine rings is 1. The van der Waals surface area contributed by atoms with Gasteiger partial charge in [0.15, 0.2) is 0 Å². The second kappa shape index (κ2) is 8.55. The van der Waals surface area contributed by atoms with Crippen molar-refractivity contribution in [1.82, 2.24) is 9.62 Å². The van der Waals surface area contributed by atoms with Gasteiger partial charge in [0.25, 0.3) is 0 Å². The first-order chi connectivity index (χ1) is 14.0. The van der Waals surface area contributed by atoms with Gasteiger partial charge < -0.3 is 10.1 Å². The maximum absolute atomic E-state index is 12.7. The summed E-state index contributed by atoms with van der Waals surface area (Å²) < 4.78 is 32.7. The number of carbonyl (C=O) groups excluding carboxylic acids is 1. The number of fused-ring (bicyclic) bond motifs is 1. The molecule has 154 valence electrons. The minimum atomic E-state index is -3.44. The molecule has 0 aromatic heterocycles. The lowest BCUT2D eigenvalue weighted by Gasteiger charge is -2.26. The number of nitrogens with zero attached hydrogens (tertiary/aromatic N) is 1. The van der Waals surface area contributed by atoms with Crippen LogP contribution in [0.2, 0.25) is 0 Å². The molecule has 2 heterocycles. The molecule has 0 bridgehead atoms. The Kier molecular flexibility index (Phi) is 5.87. The fraction of sp³-hybridized carbons (Fsp3) is 0.409. The van der Waals surface area contributed by atoms with Crippen molar-refractivity contribution in [2.45, 2.75) is 43.0 Å². The second-order valence-corrected chi connectivity index (χ2v) is 9.52. The van der Waals surface area contributed by atoms with E-state index in [9.17, 15) is 13.2 Å². The van der Waals surface area contributed by atoms with E-state index in [-0.39, 0.29) is 18.4 Å². The van der Waals surface area contributed by atoms with E-state index in [1.54, 1.807) is 28.6 Å². The third-order valence-corrected chi connectivity index (χ3v) is 7.45. The summed E-state index contributed by atoms with van der Waals surface area (Å²) in [7, 11) is -3.44. The van der Waals surface area contributed by atoms with E-state index in [0.29, 0.717) is 24.6 Å². The number of carbonyl (C=O) groups is 1. The van der Waals surface area contributed by atoms with Gasteiger partial charge >= 0.3 is 0 Å². The maximum atomic E-state index is 12.7. The van der Waals surface area contributed by atoms with Gasteiger partial charge in [0, 0.05) is 25.1 Å². The SMILES string of the molecule is O=C(Cc1ccc(S(=O)(=O)N2CCCCC2)cc1)N[C@H]1CCOc2ccccc21.